The number of hydrogen-bond acceptors (Lipinski definition) is 1. The van der Waals surface area contributed by atoms with E-state index in [1.807, 2.05) is 56.4 Å². The molecular weight excluding hydrogens is 375 g/mol. The van der Waals surface area contributed by atoms with Crippen molar-refractivity contribution in [3.63, 3.8) is 0 Å². The van der Waals surface area contributed by atoms with Gasteiger partial charge in [0.05, 0.1) is 11.8 Å². The van der Waals surface area contributed by atoms with Crippen molar-refractivity contribution in [2.45, 2.75) is 26.1 Å². The number of nitrogens with one attached hydrogen (secondary N) is 3. The number of para-hydroxylation sites is 1. The summed E-state index contributed by atoms with van der Waals surface area (Å²) in [6, 6.07) is 16.8. The summed E-state index contributed by atoms with van der Waals surface area (Å²) in [4.78, 5) is 6.58. The molecule has 3 N–H and O–H groups in total. The smallest absolute Gasteiger partial charge is 0.358 e. The van der Waals surface area contributed by atoms with Gasteiger partial charge in [-0.2, -0.15) is 13.2 Å². The monoisotopic (exact) mass is 396 g/mol. The van der Waals surface area contributed by atoms with Crippen molar-refractivity contribution in [2.24, 2.45) is 0 Å². The third kappa shape index (κ3) is 3.70. The zero-order chi connectivity index (χ0) is 20.6. The van der Waals surface area contributed by atoms with Crippen molar-refractivity contribution in [2.75, 3.05) is 5.32 Å². The topological polar surface area (TPSA) is 42.0 Å². The van der Waals surface area contributed by atoms with Crippen LogP contribution in [-0.4, -0.2) is 4.98 Å². The molecule has 2 aromatic carbocycles. The first-order valence-electron chi connectivity index (χ1n) is 9.33. The quantitative estimate of drug-likeness (QED) is 0.448. The molecule has 0 saturated heterocycles. The molecule has 4 rings (SSSR count). The van der Waals surface area contributed by atoms with Gasteiger partial charge in [-0.15, -0.1) is 0 Å². The summed E-state index contributed by atoms with van der Waals surface area (Å²) < 4.78 is 39.1. The first-order chi connectivity index (χ1) is 13.8. The number of pyridine rings is 1. The zero-order valence-electron chi connectivity index (χ0n) is 16.1. The highest BCUT2D eigenvalue weighted by atomic mass is 19.4. The second-order valence-corrected chi connectivity index (χ2v) is 7.13. The van der Waals surface area contributed by atoms with Crippen molar-refractivity contribution >= 4 is 16.7 Å². The summed E-state index contributed by atoms with van der Waals surface area (Å²) in [6.45, 7) is 3.96. The number of benzene rings is 2. The van der Waals surface area contributed by atoms with E-state index in [0.717, 1.165) is 51.2 Å². The Kier molecular flexibility index (Phi) is 4.78. The maximum atomic E-state index is 13.0. The molecule has 2 heterocycles. The maximum absolute atomic E-state index is 13.0. The third-order valence-corrected chi connectivity index (χ3v) is 5.16. The van der Waals surface area contributed by atoms with Crippen LogP contribution in [0.1, 0.15) is 34.0 Å². The van der Waals surface area contributed by atoms with Gasteiger partial charge in [0.15, 0.2) is 0 Å². The minimum absolute atomic E-state index is 0.328. The number of alkyl halides is 3. The van der Waals surface area contributed by atoms with Gasteiger partial charge in [0.25, 0.3) is 5.82 Å². The van der Waals surface area contributed by atoms with Gasteiger partial charge in [-0.3, -0.25) is 5.32 Å². The molecule has 0 spiro atoms. The molecule has 0 aliphatic rings. The van der Waals surface area contributed by atoms with Crippen molar-refractivity contribution in [1.29, 1.82) is 0 Å². The van der Waals surface area contributed by atoms with Crippen molar-refractivity contribution in [3.05, 3.63) is 94.8 Å². The van der Waals surface area contributed by atoms with E-state index >= 15 is 0 Å². The van der Waals surface area contributed by atoms with E-state index in [0.29, 0.717) is 0 Å². The zero-order valence-corrected chi connectivity index (χ0v) is 16.1. The molecule has 0 radical (unpaired) electrons. The number of aromatic amines is 2. The van der Waals surface area contributed by atoms with Crippen LogP contribution in [0.4, 0.5) is 19.0 Å². The van der Waals surface area contributed by atoms with E-state index in [2.05, 4.69) is 15.3 Å². The summed E-state index contributed by atoms with van der Waals surface area (Å²) in [6.07, 6.45) is -2.54. The first-order valence-corrected chi connectivity index (χ1v) is 9.33. The van der Waals surface area contributed by atoms with Gasteiger partial charge >= 0.3 is 6.18 Å². The fourth-order valence-corrected chi connectivity index (χ4v) is 3.68. The van der Waals surface area contributed by atoms with E-state index in [9.17, 15) is 13.2 Å². The Morgan fingerprint density at radius 3 is 2.34 bits per heavy atom. The number of rotatable bonds is 4. The Hall–Kier alpha value is -3.28. The number of aryl methyl sites for hydroxylation is 2. The Bertz CT molecular complexity index is 1140. The Labute approximate surface area is 166 Å². The Morgan fingerprint density at radius 1 is 0.931 bits per heavy atom. The summed E-state index contributed by atoms with van der Waals surface area (Å²) in [5.41, 5.74) is 4.09. The molecule has 4 aromatic rings. The van der Waals surface area contributed by atoms with E-state index in [1.54, 1.807) is 12.1 Å². The predicted molar refractivity (Wildman–Crippen MR) is 108 cm³/mol. The van der Waals surface area contributed by atoms with Crippen LogP contribution in [0, 0.1) is 13.8 Å². The van der Waals surface area contributed by atoms with Gasteiger partial charge in [0.1, 0.15) is 6.04 Å². The number of anilines is 1. The highest BCUT2D eigenvalue weighted by Crippen LogP contribution is 2.36. The maximum Gasteiger partial charge on any atom is 0.416 e. The second kappa shape index (κ2) is 7.28. The second-order valence-electron chi connectivity index (χ2n) is 7.13. The summed E-state index contributed by atoms with van der Waals surface area (Å²) >= 11 is 0. The van der Waals surface area contributed by atoms with E-state index in [4.69, 9.17) is 0 Å². The molecule has 2 aromatic heterocycles. The number of fused-ring (bicyclic) bond motifs is 1. The number of halogens is 3. The molecule has 0 unspecified atom stereocenters. The lowest BCUT2D eigenvalue weighted by Gasteiger charge is -2.18. The molecule has 0 fully saturated rings. The van der Waals surface area contributed by atoms with Gasteiger partial charge in [0, 0.05) is 33.3 Å². The van der Waals surface area contributed by atoms with E-state index < -0.39 is 11.7 Å². The first kappa shape index (κ1) is 19.1. The largest absolute Gasteiger partial charge is 0.416 e. The molecule has 0 bridgehead atoms. The summed E-state index contributed by atoms with van der Waals surface area (Å²) in [5, 5.41) is 4.54. The van der Waals surface area contributed by atoms with Crippen molar-refractivity contribution < 1.29 is 18.2 Å². The summed E-state index contributed by atoms with van der Waals surface area (Å²) in [5.74, 6) is 0.821. The van der Waals surface area contributed by atoms with E-state index in [1.165, 1.54) is 0 Å². The fourth-order valence-electron chi connectivity index (χ4n) is 3.68. The SMILES string of the molecule is Cc1ccc[nH+]c1N[C@H](c1ccc(C(F)(F)F)cc1)c1c(C)[nH]c2ccccc12. The molecule has 0 saturated carbocycles. The fraction of sp³-hybridized carbons (Fsp3) is 0.174. The molecule has 0 aliphatic carbocycles. The molecule has 6 heteroatoms. The predicted octanol–water partition coefficient (Wildman–Crippen LogP) is 5.82. The lowest BCUT2D eigenvalue weighted by molar-refractivity contribution is -0.361. The van der Waals surface area contributed by atoms with Crippen LogP contribution in [0.15, 0.2) is 66.9 Å². The van der Waals surface area contributed by atoms with Crippen LogP contribution in [0.5, 0.6) is 0 Å². The lowest BCUT2D eigenvalue weighted by Crippen LogP contribution is -2.20. The standard InChI is InChI=1S/C23H20F3N3/c1-14-6-5-13-27-22(14)29-21(16-9-11-17(12-10-16)23(24,25)26)20-15(2)28-19-8-4-3-7-18(19)20/h3-13,21,28H,1-2H3,(H,27,29)/p+1/t21-/m1/s1. The van der Waals surface area contributed by atoms with Crippen LogP contribution in [-0.2, 0) is 6.18 Å². The third-order valence-electron chi connectivity index (χ3n) is 5.16. The van der Waals surface area contributed by atoms with Gasteiger partial charge in [0.2, 0.25) is 0 Å². The van der Waals surface area contributed by atoms with E-state index in [-0.39, 0.29) is 6.04 Å². The highest BCUT2D eigenvalue weighted by Gasteiger charge is 2.31. The van der Waals surface area contributed by atoms with Gasteiger partial charge < -0.3 is 4.98 Å². The van der Waals surface area contributed by atoms with Crippen LogP contribution in [0.3, 0.4) is 0 Å². The molecule has 1 atom stereocenters. The molecule has 29 heavy (non-hydrogen) atoms. The van der Waals surface area contributed by atoms with Crippen LogP contribution in [0.25, 0.3) is 10.9 Å². The van der Waals surface area contributed by atoms with Gasteiger partial charge in [-0.1, -0.05) is 30.3 Å². The number of aromatic nitrogens is 2. The van der Waals surface area contributed by atoms with Gasteiger partial charge in [-0.25, -0.2) is 4.98 Å². The molecular formula is C23H21F3N3+. The molecule has 0 amide bonds. The molecule has 3 nitrogen and oxygen atoms in total. The van der Waals surface area contributed by atoms with Crippen molar-refractivity contribution in [3.8, 4) is 0 Å². The Balaban J connectivity index is 1.85. The normalized spacial score (nSPS) is 12.9. The lowest BCUT2D eigenvalue weighted by atomic mass is 9.95. The Morgan fingerprint density at radius 2 is 1.66 bits per heavy atom. The highest BCUT2D eigenvalue weighted by molar-refractivity contribution is 5.86. The summed E-state index contributed by atoms with van der Waals surface area (Å²) in [7, 11) is 0. The number of hydrogen-bond donors (Lipinski definition) is 2. The minimum atomic E-state index is -4.36. The van der Waals surface area contributed by atoms with Crippen LogP contribution >= 0.6 is 0 Å². The van der Waals surface area contributed by atoms with Crippen LogP contribution < -0.4 is 10.3 Å². The molecule has 0 aliphatic heterocycles. The average molecular weight is 396 g/mol. The minimum Gasteiger partial charge on any atom is -0.358 e. The molecule has 148 valence electrons. The van der Waals surface area contributed by atoms with Crippen LogP contribution in [0.2, 0.25) is 0 Å². The van der Waals surface area contributed by atoms with Gasteiger partial charge in [-0.05, 0) is 44.2 Å². The van der Waals surface area contributed by atoms with Crippen molar-refractivity contribution in [1.82, 2.24) is 4.98 Å². The average Bonchev–Trinajstić information content (AvgIpc) is 3.02. The number of H-pyrrole nitrogens is 2.